The quantitative estimate of drug-likeness (QED) is 0.0793. The highest BCUT2D eigenvalue weighted by molar-refractivity contribution is 5.52. The summed E-state index contributed by atoms with van der Waals surface area (Å²) in [4.78, 5) is 0. The maximum absolute atomic E-state index is 13.5. The number of hydrogen-bond acceptors (Lipinski definition) is 5. The summed E-state index contributed by atoms with van der Waals surface area (Å²) < 4.78 is 167. The van der Waals surface area contributed by atoms with E-state index in [1.165, 1.54) is 25.0 Å². The van der Waals surface area contributed by atoms with Gasteiger partial charge in [0.2, 0.25) is 0 Å². The lowest BCUT2D eigenvalue weighted by Gasteiger charge is -2.34. The Morgan fingerprint density at radius 2 is 0.776 bits per heavy atom. The van der Waals surface area contributed by atoms with Gasteiger partial charge in [0.05, 0.1) is 0 Å². The van der Waals surface area contributed by atoms with Crippen molar-refractivity contribution in [1.29, 1.82) is 0 Å². The van der Waals surface area contributed by atoms with Gasteiger partial charge < -0.3 is 24.8 Å². The first kappa shape index (κ1) is 56.0. The van der Waals surface area contributed by atoms with Gasteiger partial charge in [-0.3, -0.25) is 0 Å². The highest BCUT2D eigenvalue weighted by atomic mass is 19.4. The van der Waals surface area contributed by atoms with Gasteiger partial charge in [-0.1, -0.05) is 88.1 Å². The second kappa shape index (κ2) is 20.9. The molecule has 0 bridgehead atoms. The fourth-order valence-corrected chi connectivity index (χ4v) is 7.84. The number of halogens is 12. The van der Waals surface area contributed by atoms with Gasteiger partial charge in [0.1, 0.15) is 18.3 Å². The minimum atomic E-state index is -6.00. The summed E-state index contributed by atoms with van der Waals surface area (Å²) in [6.07, 6.45) is -21.0. The summed E-state index contributed by atoms with van der Waals surface area (Å²) in [5.41, 5.74) is -5.10. The van der Waals surface area contributed by atoms with Gasteiger partial charge in [-0.05, 0) is 134 Å². The summed E-state index contributed by atoms with van der Waals surface area (Å²) in [5, 5.41) is 29.0. The number of aromatic hydroxyl groups is 2. The van der Waals surface area contributed by atoms with E-state index in [1.807, 2.05) is 57.7 Å². The first-order valence-corrected chi connectivity index (χ1v) is 20.8. The average molecular weight is 961 g/mol. The number of phenols is 2. The summed E-state index contributed by atoms with van der Waals surface area (Å²) in [6.45, 7) is 13.3. The van der Waals surface area contributed by atoms with Crippen LogP contribution in [0.25, 0.3) is 0 Å². The third-order valence-corrected chi connectivity index (χ3v) is 12.2. The molecule has 4 aromatic rings. The Balaban J connectivity index is 0.000000357. The van der Waals surface area contributed by atoms with Crippen LogP contribution >= 0.6 is 0 Å². The van der Waals surface area contributed by atoms with Crippen LogP contribution in [0.4, 0.5) is 52.7 Å². The Kier molecular flexibility index (Phi) is 17.4. The fraction of sp³-hybridized carbons (Fsp3) is 0.440. The van der Waals surface area contributed by atoms with Crippen LogP contribution in [0.5, 0.6) is 11.5 Å². The molecule has 0 heterocycles. The smallest absolute Gasteiger partial charge is 0.438 e. The van der Waals surface area contributed by atoms with Crippen LogP contribution < -0.4 is 0 Å². The van der Waals surface area contributed by atoms with Gasteiger partial charge in [-0.2, -0.15) is 52.7 Å². The molecule has 0 aliphatic heterocycles. The van der Waals surface area contributed by atoms with E-state index in [4.69, 9.17) is 0 Å². The number of methoxy groups -OCH3 is 1. The number of phenolic OH excluding ortho intramolecular Hbond substituents is 2. The van der Waals surface area contributed by atoms with E-state index in [2.05, 4.69) is 9.47 Å². The third kappa shape index (κ3) is 11.3. The van der Waals surface area contributed by atoms with E-state index >= 15 is 0 Å². The van der Waals surface area contributed by atoms with Gasteiger partial charge in [-0.15, -0.1) is 0 Å². The van der Waals surface area contributed by atoms with Crippen LogP contribution in [0.15, 0.2) is 72.8 Å². The number of benzene rings is 4. The molecule has 0 amide bonds. The Labute approximate surface area is 382 Å². The maximum atomic E-state index is 13.5. The van der Waals surface area contributed by atoms with Crippen molar-refractivity contribution in [2.45, 2.75) is 128 Å². The molecule has 0 saturated carbocycles. The minimum Gasteiger partial charge on any atom is -0.508 e. The molecule has 17 heteroatoms. The molecule has 67 heavy (non-hydrogen) atoms. The molecule has 366 valence electrons. The van der Waals surface area contributed by atoms with Crippen molar-refractivity contribution < 1.29 is 77.5 Å². The lowest BCUT2D eigenvalue weighted by molar-refractivity contribution is -0.368. The molecule has 0 unspecified atom stereocenters. The van der Waals surface area contributed by atoms with E-state index in [-0.39, 0.29) is 22.6 Å². The van der Waals surface area contributed by atoms with Crippen LogP contribution in [0.3, 0.4) is 0 Å². The number of alkyl halides is 12. The van der Waals surface area contributed by atoms with E-state index in [1.54, 1.807) is 63.2 Å². The molecule has 0 fully saturated rings. The zero-order valence-corrected chi connectivity index (χ0v) is 38.2. The normalized spacial score (nSPS) is 12.9. The summed E-state index contributed by atoms with van der Waals surface area (Å²) in [6, 6.07) is 20.0. The fourth-order valence-electron chi connectivity index (χ4n) is 7.84. The van der Waals surface area contributed by atoms with Gasteiger partial charge in [-0.25, -0.2) is 0 Å². The number of rotatable bonds is 11. The molecule has 0 aliphatic rings. The Hall–Kier alpha value is -5.36. The largest absolute Gasteiger partial charge is 0.508 e. The predicted octanol–water partition coefficient (Wildman–Crippen LogP) is 13.3. The highest BCUT2D eigenvalue weighted by Crippen LogP contribution is 2.47. The Bertz CT molecular complexity index is 2440. The number of aliphatic hydroxyl groups is 1. The molecule has 0 aliphatic carbocycles. The van der Waals surface area contributed by atoms with Gasteiger partial charge in [0.25, 0.3) is 0 Å². The molecular weight excluding hydrogens is 909 g/mol. The monoisotopic (exact) mass is 960 g/mol. The van der Waals surface area contributed by atoms with E-state index in [0.29, 0.717) is 47.9 Å². The van der Waals surface area contributed by atoms with Crippen molar-refractivity contribution in [3.63, 3.8) is 0 Å². The Morgan fingerprint density at radius 1 is 0.463 bits per heavy atom. The minimum absolute atomic E-state index is 0.00985. The predicted molar refractivity (Wildman–Crippen MR) is 229 cm³/mol. The van der Waals surface area contributed by atoms with Crippen LogP contribution in [0.1, 0.15) is 109 Å². The molecule has 0 spiro atoms. The maximum Gasteiger partial charge on any atom is 0.438 e. The topological polar surface area (TPSA) is 79.2 Å². The van der Waals surface area contributed by atoms with Crippen LogP contribution in [-0.4, -0.2) is 65.1 Å². The molecule has 0 radical (unpaired) electrons. The lowest BCUT2D eigenvalue weighted by atomic mass is 9.70. The molecule has 4 rings (SSSR count). The van der Waals surface area contributed by atoms with E-state index < -0.39 is 53.5 Å². The lowest BCUT2D eigenvalue weighted by Crippen LogP contribution is -2.58. The number of hydrogen-bond donors (Lipinski definition) is 3. The standard InChI is InChI=1S/C26H28F6O3.C24H24F6O2/c1-6-23(7-2,21-10-11-22(33)18(4)15-21)20-9-8-19(17(3)14-20)12-13-24(25(27,28)29,26(30,31)32)35-16-34-5;1-5-21(6-2,19-9-10-20(31)16(4)14-19)18-8-7-17(15(3)13-18)11-12-22(32,23(25,26)27)24(28,29)30/h8-11,14-15,33H,6-7,16H2,1-5H3;7-10,13-14,31-32H,5-6H2,1-4H3. The van der Waals surface area contributed by atoms with Crippen molar-refractivity contribution in [3.8, 4) is 35.2 Å². The van der Waals surface area contributed by atoms with Crippen LogP contribution in [0.2, 0.25) is 0 Å². The van der Waals surface area contributed by atoms with Crippen LogP contribution in [0, 0.1) is 51.4 Å². The Morgan fingerprint density at radius 3 is 1.04 bits per heavy atom. The zero-order chi connectivity index (χ0) is 51.2. The summed E-state index contributed by atoms with van der Waals surface area (Å²) in [5.74, 6) is 6.52. The molecule has 0 atom stereocenters. The third-order valence-electron chi connectivity index (χ3n) is 12.2. The molecular formula is C50H52F12O5. The van der Waals surface area contributed by atoms with Crippen molar-refractivity contribution in [2.24, 2.45) is 0 Å². The van der Waals surface area contributed by atoms with Crippen molar-refractivity contribution in [1.82, 2.24) is 0 Å². The number of aryl methyl sites for hydroxylation is 4. The van der Waals surface area contributed by atoms with Crippen molar-refractivity contribution in [3.05, 3.63) is 128 Å². The van der Waals surface area contributed by atoms with Gasteiger partial charge in [0, 0.05) is 29.1 Å². The van der Waals surface area contributed by atoms with E-state index in [9.17, 15) is 68.0 Å². The zero-order valence-electron chi connectivity index (χ0n) is 38.2. The second-order valence-corrected chi connectivity index (χ2v) is 16.1. The number of ether oxygens (including phenoxy) is 2. The first-order chi connectivity index (χ1) is 30.8. The van der Waals surface area contributed by atoms with E-state index in [0.717, 1.165) is 35.3 Å². The van der Waals surface area contributed by atoms with Gasteiger partial charge >= 0.3 is 35.9 Å². The molecule has 0 aromatic heterocycles. The van der Waals surface area contributed by atoms with Crippen LogP contribution in [-0.2, 0) is 20.3 Å². The molecule has 3 N–H and O–H groups in total. The average Bonchev–Trinajstić information content (AvgIpc) is 3.23. The van der Waals surface area contributed by atoms with Gasteiger partial charge in [0.15, 0.2) is 0 Å². The van der Waals surface area contributed by atoms with Crippen molar-refractivity contribution >= 4 is 0 Å². The van der Waals surface area contributed by atoms with Crippen molar-refractivity contribution in [2.75, 3.05) is 13.9 Å². The SMILES string of the molecule is CCC(CC)(c1ccc(O)c(C)c1)c1ccc(C#CC(O)(C(F)(F)F)C(F)(F)F)c(C)c1.CCC(CC)(c1ccc(O)c(C)c1)c1ccc(C#CC(OCOC)(C(F)(F)F)C(F)(F)F)c(C)c1. The molecule has 4 aromatic carbocycles. The first-order valence-electron chi connectivity index (χ1n) is 20.8. The second-order valence-electron chi connectivity index (χ2n) is 16.1. The summed E-state index contributed by atoms with van der Waals surface area (Å²) >= 11 is 0. The molecule has 5 nitrogen and oxygen atoms in total. The molecule has 0 saturated heterocycles. The highest BCUT2D eigenvalue weighted by Gasteiger charge is 2.72. The summed E-state index contributed by atoms with van der Waals surface area (Å²) in [7, 11) is 0.914.